The van der Waals surface area contributed by atoms with Gasteiger partial charge >= 0.3 is 19.8 Å². The van der Waals surface area contributed by atoms with Gasteiger partial charge in [0.1, 0.15) is 6.61 Å². The summed E-state index contributed by atoms with van der Waals surface area (Å²) < 4.78 is 33.0. The molecule has 0 amide bonds. The van der Waals surface area contributed by atoms with Crippen molar-refractivity contribution in [2.24, 2.45) is 0 Å². The number of phosphoric acid groups is 1. The SMILES string of the molecule is CCCCC/C=C\C/C=C\C/C=C\CCCCC(=O)OC(COC(=O)CCCCCCCCCCCCCC)COP(=O)(O)OCCNC. The molecule has 49 heavy (non-hydrogen) atoms. The van der Waals surface area contributed by atoms with Crippen LogP contribution in [0.25, 0.3) is 0 Å². The number of nitrogens with one attached hydrogen (secondary N) is 1. The molecule has 0 aliphatic carbocycles. The van der Waals surface area contributed by atoms with E-state index in [4.69, 9.17) is 18.5 Å². The second-order valence-corrected chi connectivity index (χ2v) is 14.2. The van der Waals surface area contributed by atoms with Crippen molar-refractivity contribution in [1.82, 2.24) is 5.32 Å². The molecule has 0 heterocycles. The van der Waals surface area contributed by atoms with E-state index in [1.54, 1.807) is 7.05 Å². The van der Waals surface area contributed by atoms with E-state index in [-0.39, 0.29) is 32.0 Å². The summed E-state index contributed by atoms with van der Waals surface area (Å²) in [5.41, 5.74) is 0. The molecule has 0 aliphatic heterocycles. The molecule has 0 saturated carbocycles. The predicted octanol–water partition coefficient (Wildman–Crippen LogP) is 10.5. The van der Waals surface area contributed by atoms with Crippen LogP contribution in [-0.2, 0) is 32.7 Å². The quantitative estimate of drug-likeness (QED) is 0.0283. The number of ether oxygens (including phenoxy) is 2. The van der Waals surface area contributed by atoms with E-state index in [2.05, 4.69) is 55.6 Å². The molecule has 0 aromatic carbocycles. The minimum Gasteiger partial charge on any atom is -0.462 e. The highest BCUT2D eigenvalue weighted by Crippen LogP contribution is 2.43. The maximum Gasteiger partial charge on any atom is 0.472 e. The molecule has 0 aliphatic rings. The summed E-state index contributed by atoms with van der Waals surface area (Å²) in [6, 6.07) is 0. The molecule has 0 spiro atoms. The number of likely N-dealkylation sites (N-methyl/N-ethyl adjacent to an activating group) is 1. The molecule has 0 bridgehead atoms. The number of rotatable bonds is 36. The highest BCUT2D eigenvalue weighted by Gasteiger charge is 2.26. The van der Waals surface area contributed by atoms with E-state index in [0.29, 0.717) is 13.0 Å². The Morgan fingerprint density at radius 2 is 1.10 bits per heavy atom. The Morgan fingerprint density at radius 1 is 0.633 bits per heavy atom. The van der Waals surface area contributed by atoms with Gasteiger partial charge in [-0.3, -0.25) is 18.6 Å². The summed E-state index contributed by atoms with van der Waals surface area (Å²) in [4.78, 5) is 34.9. The van der Waals surface area contributed by atoms with Crippen LogP contribution in [-0.4, -0.2) is 56.3 Å². The number of carbonyl (C=O) groups is 2. The molecule has 9 nitrogen and oxygen atoms in total. The number of phosphoric ester groups is 1. The van der Waals surface area contributed by atoms with E-state index in [0.717, 1.165) is 51.4 Å². The van der Waals surface area contributed by atoms with Gasteiger partial charge in [-0.2, -0.15) is 0 Å². The third kappa shape index (κ3) is 35.8. The third-order valence-electron chi connectivity index (χ3n) is 8.01. The lowest BCUT2D eigenvalue weighted by Crippen LogP contribution is -2.29. The second kappa shape index (κ2) is 36.0. The summed E-state index contributed by atoms with van der Waals surface area (Å²) in [6.07, 6.45) is 36.2. The standard InChI is InChI=1S/C39H72NO8P/c1-4-6-8-10-12-14-16-18-19-20-22-24-26-28-30-32-39(42)48-37(36-47-49(43,44)46-34-33-40-3)35-45-38(41)31-29-27-25-23-21-17-15-13-11-9-7-5-2/h12,14,18-19,22,24,37,40H,4-11,13,15-17,20-21,23,25-36H2,1-3H3,(H,43,44)/b14-12-,19-18-,24-22-. The summed E-state index contributed by atoms with van der Waals surface area (Å²) >= 11 is 0. The van der Waals surface area contributed by atoms with Gasteiger partial charge in [0.05, 0.1) is 13.2 Å². The lowest BCUT2D eigenvalue weighted by atomic mass is 10.0. The second-order valence-electron chi connectivity index (χ2n) is 12.8. The van der Waals surface area contributed by atoms with Crippen molar-refractivity contribution in [2.45, 2.75) is 168 Å². The van der Waals surface area contributed by atoms with Gasteiger partial charge in [0.25, 0.3) is 0 Å². The smallest absolute Gasteiger partial charge is 0.462 e. The van der Waals surface area contributed by atoms with Gasteiger partial charge in [0.2, 0.25) is 0 Å². The van der Waals surface area contributed by atoms with Crippen LogP contribution in [0, 0.1) is 0 Å². The normalized spacial score (nSPS) is 13.8. The monoisotopic (exact) mass is 713 g/mol. The van der Waals surface area contributed by atoms with Crippen LogP contribution in [0.5, 0.6) is 0 Å². The molecule has 286 valence electrons. The molecular formula is C39H72NO8P. The summed E-state index contributed by atoms with van der Waals surface area (Å²) in [6.45, 7) is 4.13. The van der Waals surface area contributed by atoms with E-state index in [1.807, 2.05) is 0 Å². The summed E-state index contributed by atoms with van der Waals surface area (Å²) in [7, 11) is -2.66. The maximum absolute atomic E-state index is 12.5. The van der Waals surface area contributed by atoms with Crippen LogP contribution in [0.4, 0.5) is 0 Å². The number of hydrogen-bond donors (Lipinski definition) is 2. The summed E-state index contributed by atoms with van der Waals surface area (Å²) in [5, 5.41) is 2.81. The van der Waals surface area contributed by atoms with E-state index in [1.165, 1.54) is 77.0 Å². The Bertz CT molecular complexity index is 907. The van der Waals surface area contributed by atoms with Crippen LogP contribution in [0.1, 0.15) is 162 Å². The van der Waals surface area contributed by atoms with Gasteiger partial charge in [-0.15, -0.1) is 0 Å². The molecule has 2 atom stereocenters. The van der Waals surface area contributed by atoms with Gasteiger partial charge in [-0.05, 0) is 58.4 Å². The molecular weight excluding hydrogens is 641 g/mol. The fourth-order valence-corrected chi connectivity index (χ4v) is 5.78. The van der Waals surface area contributed by atoms with Crippen molar-refractivity contribution in [3.63, 3.8) is 0 Å². The van der Waals surface area contributed by atoms with E-state index >= 15 is 0 Å². The third-order valence-corrected chi connectivity index (χ3v) is 9.00. The van der Waals surface area contributed by atoms with Gasteiger partial charge in [0.15, 0.2) is 6.10 Å². The Hall–Kier alpha value is -1.77. The zero-order valence-corrected chi connectivity index (χ0v) is 32.3. The lowest BCUT2D eigenvalue weighted by molar-refractivity contribution is -0.161. The van der Waals surface area contributed by atoms with Crippen molar-refractivity contribution in [1.29, 1.82) is 0 Å². The van der Waals surface area contributed by atoms with Crippen molar-refractivity contribution < 1.29 is 37.6 Å². The topological polar surface area (TPSA) is 120 Å². The number of carbonyl (C=O) groups excluding carboxylic acids is 2. The van der Waals surface area contributed by atoms with Gasteiger partial charge in [-0.25, -0.2) is 4.57 Å². The van der Waals surface area contributed by atoms with Crippen LogP contribution in [0.3, 0.4) is 0 Å². The first-order valence-electron chi connectivity index (χ1n) is 19.4. The van der Waals surface area contributed by atoms with Crippen LogP contribution < -0.4 is 5.32 Å². The van der Waals surface area contributed by atoms with Crippen LogP contribution in [0.15, 0.2) is 36.5 Å². The minimum absolute atomic E-state index is 0.0238. The lowest BCUT2D eigenvalue weighted by Gasteiger charge is -2.20. The summed E-state index contributed by atoms with van der Waals surface area (Å²) in [5.74, 6) is -0.852. The average molecular weight is 714 g/mol. The number of allylic oxidation sites excluding steroid dienone is 6. The Morgan fingerprint density at radius 3 is 1.67 bits per heavy atom. The van der Waals surface area contributed by atoms with Crippen molar-refractivity contribution in [3.05, 3.63) is 36.5 Å². The molecule has 0 rings (SSSR count). The molecule has 0 saturated heterocycles. The Balaban J connectivity index is 4.36. The Labute approximate surface area is 299 Å². The largest absolute Gasteiger partial charge is 0.472 e. The van der Waals surface area contributed by atoms with Crippen molar-refractivity contribution in [3.8, 4) is 0 Å². The molecule has 2 unspecified atom stereocenters. The van der Waals surface area contributed by atoms with E-state index in [9.17, 15) is 19.0 Å². The number of unbranched alkanes of at least 4 members (excludes halogenated alkanes) is 16. The number of esters is 2. The van der Waals surface area contributed by atoms with Crippen molar-refractivity contribution >= 4 is 19.8 Å². The first-order valence-corrected chi connectivity index (χ1v) is 20.9. The molecule has 0 radical (unpaired) electrons. The zero-order valence-electron chi connectivity index (χ0n) is 31.4. The molecule has 10 heteroatoms. The average Bonchev–Trinajstić information content (AvgIpc) is 3.08. The minimum atomic E-state index is -4.35. The molecule has 0 fully saturated rings. The first kappa shape index (κ1) is 47.2. The predicted molar refractivity (Wildman–Crippen MR) is 201 cm³/mol. The van der Waals surface area contributed by atoms with Crippen LogP contribution >= 0.6 is 7.82 Å². The molecule has 0 aromatic heterocycles. The van der Waals surface area contributed by atoms with Gasteiger partial charge in [0, 0.05) is 19.4 Å². The Kier molecular flexibility index (Phi) is 34.7. The van der Waals surface area contributed by atoms with Gasteiger partial charge < -0.3 is 19.7 Å². The number of hydrogen-bond acceptors (Lipinski definition) is 8. The molecule has 2 N–H and O–H groups in total. The first-order chi connectivity index (χ1) is 23.8. The molecule has 0 aromatic rings. The van der Waals surface area contributed by atoms with E-state index < -0.39 is 26.5 Å². The van der Waals surface area contributed by atoms with Gasteiger partial charge in [-0.1, -0.05) is 134 Å². The fraction of sp³-hybridized carbons (Fsp3) is 0.795. The maximum atomic E-state index is 12.5. The zero-order chi connectivity index (χ0) is 36.1. The fourth-order valence-electron chi connectivity index (χ4n) is 5.03. The highest BCUT2D eigenvalue weighted by molar-refractivity contribution is 7.47. The van der Waals surface area contributed by atoms with Crippen LogP contribution in [0.2, 0.25) is 0 Å². The highest BCUT2D eigenvalue weighted by atomic mass is 31.2. The van der Waals surface area contributed by atoms with Crippen molar-refractivity contribution in [2.75, 3.05) is 33.4 Å².